The maximum absolute atomic E-state index is 11.8. The highest BCUT2D eigenvalue weighted by atomic mass is 16.5. The van der Waals surface area contributed by atoms with Gasteiger partial charge in [-0.15, -0.1) is 0 Å². The lowest BCUT2D eigenvalue weighted by atomic mass is 10.1. The van der Waals surface area contributed by atoms with Crippen molar-refractivity contribution in [1.82, 2.24) is 9.55 Å². The molecule has 0 saturated heterocycles. The maximum Gasteiger partial charge on any atom is 0.356 e. The van der Waals surface area contributed by atoms with E-state index in [0.29, 0.717) is 25.3 Å². The Hall–Kier alpha value is -3.21. The van der Waals surface area contributed by atoms with Crippen LogP contribution in [0.25, 0.3) is 0 Å². The van der Waals surface area contributed by atoms with Crippen molar-refractivity contribution >= 4 is 5.97 Å². The molecule has 0 aliphatic rings. The highest BCUT2D eigenvalue weighted by molar-refractivity contribution is 5.87. The van der Waals surface area contributed by atoms with Gasteiger partial charge in [0.05, 0.1) is 13.2 Å². The minimum absolute atomic E-state index is 0.0171. The number of carbonyl (C=O) groups excluding carboxylic acids is 1. The third-order valence-electron chi connectivity index (χ3n) is 3.95. The Balaban J connectivity index is 0.00000136. The van der Waals surface area contributed by atoms with E-state index in [9.17, 15) is 9.59 Å². The highest BCUT2D eigenvalue weighted by Crippen LogP contribution is 2.11. The zero-order valence-electron chi connectivity index (χ0n) is 16.6. The molecule has 0 aliphatic carbocycles. The summed E-state index contributed by atoms with van der Waals surface area (Å²) in [5.74, 6) is -0.405. The largest absolute Gasteiger partial charge is 0.461 e. The topological polar surface area (TPSA) is 61.2 Å². The van der Waals surface area contributed by atoms with Gasteiger partial charge in [0.15, 0.2) is 0 Å². The maximum atomic E-state index is 11.8. The number of nitrogens with zero attached hydrogens (tertiary/aromatic N) is 2. The van der Waals surface area contributed by atoms with E-state index in [4.69, 9.17) is 4.74 Å². The normalized spacial score (nSPS) is 9.96. The van der Waals surface area contributed by atoms with E-state index in [1.54, 1.807) is 35.9 Å². The number of pyridine rings is 2. The molecule has 28 heavy (non-hydrogen) atoms. The third kappa shape index (κ3) is 5.91. The second-order valence-corrected chi connectivity index (χ2v) is 5.89. The lowest BCUT2D eigenvalue weighted by Gasteiger charge is -2.07. The predicted molar refractivity (Wildman–Crippen MR) is 111 cm³/mol. The summed E-state index contributed by atoms with van der Waals surface area (Å²) < 4.78 is 6.65. The molecule has 0 spiro atoms. The van der Waals surface area contributed by atoms with Crippen molar-refractivity contribution in [3.8, 4) is 0 Å². The fourth-order valence-electron chi connectivity index (χ4n) is 2.66. The molecular weight excluding hydrogens is 352 g/mol. The lowest BCUT2D eigenvalue weighted by Crippen LogP contribution is -2.18. The number of aromatic nitrogens is 2. The van der Waals surface area contributed by atoms with E-state index in [0.717, 1.165) is 16.8 Å². The van der Waals surface area contributed by atoms with Crippen LogP contribution in [0.3, 0.4) is 0 Å². The molecule has 146 valence electrons. The summed E-state index contributed by atoms with van der Waals surface area (Å²) in [4.78, 5) is 27.9. The second kappa shape index (κ2) is 10.8. The van der Waals surface area contributed by atoms with Gasteiger partial charge in [-0.25, -0.2) is 9.78 Å². The minimum atomic E-state index is -0.405. The first-order chi connectivity index (χ1) is 13.7. The molecule has 0 N–H and O–H groups in total. The average molecular weight is 378 g/mol. The number of esters is 1. The number of hydrogen-bond acceptors (Lipinski definition) is 4. The molecule has 5 heteroatoms. The third-order valence-corrected chi connectivity index (χ3v) is 3.95. The predicted octanol–water partition coefficient (Wildman–Crippen LogP) is 4.09. The minimum Gasteiger partial charge on any atom is -0.461 e. The van der Waals surface area contributed by atoms with Crippen molar-refractivity contribution in [1.29, 1.82) is 0 Å². The molecular formula is C23H26N2O3. The Bertz CT molecular complexity index is 946. The van der Waals surface area contributed by atoms with Crippen LogP contribution in [-0.4, -0.2) is 22.1 Å². The molecule has 2 heterocycles. The zero-order valence-corrected chi connectivity index (χ0v) is 16.6. The van der Waals surface area contributed by atoms with E-state index < -0.39 is 5.97 Å². The fraction of sp³-hybridized carbons (Fsp3) is 0.261. The van der Waals surface area contributed by atoms with Gasteiger partial charge < -0.3 is 9.30 Å². The molecule has 0 amide bonds. The Morgan fingerprint density at radius 3 is 2.36 bits per heavy atom. The van der Waals surface area contributed by atoms with Crippen LogP contribution < -0.4 is 5.56 Å². The van der Waals surface area contributed by atoms with Crippen LogP contribution in [0.2, 0.25) is 0 Å². The first kappa shape index (κ1) is 21.1. The average Bonchev–Trinajstić information content (AvgIpc) is 2.73. The molecule has 3 aromatic rings. The van der Waals surface area contributed by atoms with Crippen molar-refractivity contribution in [2.24, 2.45) is 0 Å². The first-order valence-corrected chi connectivity index (χ1v) is 9.52. The molecule has 0 aliphatic heterocycles. The number of ether oxygens (including phenoxy) is 1. The van der Waals surface area contributed by atoms with E-state index in [-0.39, 0.29) is 5.56 Å². The molecule has 0 unspecified atom stereocenters. The van der Waals surface area contributed by atoms with Crippen LogP contribution in [0.15, 0.2) is 71.7 Å². The number of hydrogen-bond donors (Lipinski definition) is 0. The van der Waals surface area contributed by atoms with Crippen LogP contribution >= 0.6 is 0 Å². The summed E-state index contributed by atoms with van der Waals surface area (Å²) in [6.07, 6.45) is 2.40. The Kier molecular flexibility index (Phi) is 8.15. The molecule has 0 bridgehead atoms. The first-order valence-electron chi connectivity index (χ1n) is 9.52. The molecule has 2 aromatic heterocycles. The SMILES string of the molecule is CC.CCOC(=O)c1cccc(Cc2ccc(Cn3ccccc3=O)cc2)n1. The summed E-state index contributed by atoms with van der Waals surface area (Å²) in [6, 6.07) is 18.5. The van der Waals surface area contributed by atoms with E-state index in [2.05, 4.69) is 4.98 Å². The van der Waals surface area contributed by atoms with Gasteiger partial charge in [-0.2, -0.15) is 0 Å². The van der Waals surface area contributed by atoms with Crippen LogP contribution in [0.4, 0.5) is 0 Å². The van der Waals surface area contributed by atoms with E-state index >= 15 is 0 Å². The van der Waals surface area contributed by atoms with Crippen molar-refractivity contribution in [3.63, 3.8) is 0 Å². The van der Waals surface area contributed by atoms with Crippen molar-refractivity contribution in [3.05, 3.63) is 99.7 Å². The standard InChI is InChI=1S/C21H20N2O3.C2H6/c1-2-26-21(25)19-7-5-6-18(22-19)14-16-9-11-17(12-10-16)15-23-13-4-3-8-20(23)24;1-2/h3-13H,2,14-15H2,1H3;1-2H3. The summed E-state index contributed by atoms with van der Waals surface area (Å²) in [7, 11) is 0. The van der Waals surface area contributed by atoms with E-state index in [1.807, 2.05) is 56.3 Å². The molecule has 0 saturated carbocycles. The van der Waals surface area contributed by atoms with Gasteiger partial charge >= 0.3 is 5.97 Å². The van der Waals surface area contributed by atoms with Gasteiger partial charge in [-0.1, -0.05) is 50.2 Å². The lowest BCUT2D eigenvalue weighted by molar-refractivity contribution is 0.0519. The molecule has 0 atom stereocenters. The van der Waals surface area contributed by atoms with Crippen molar-refractivity contribution in [2.45, 2.75) is 33.7 Å². The van der Waals surface area contributed by atoms with Gasteiger partial charge in [0.2, 0.25) is 0 Å². The number of benzene rings is 1. The summed E-state index contributed by atoms with van der Waals surface area (Å²) in [5.41, 5.74) is 3.25. The van der Waals surface area contributed by atoms with Crippen LogP contribution in [-0.2, 0) is 17.7 Å². The molecule has 3 rings (SSSR count). The number of rotatable bonds is 6. The fourth-order valence-corrected chi connectivity index (χ4v) is 2.66. The van der Waals surface area contributed by atoms with Crippen molar-refractivity contribution in [2.75, 3.05) is 6.61 Å². The highest BCUT2D eigenvalue weighted by Gasteiger charge is 2.09. The Labute approximate surface area is 165 Å². The quantitative estimate of drug-likeness (QED) is 0.606. The van der Waals surface area contributed by atoms with Gasteiger partial charge in [0.25, 0.3) is 5.56 Å². The molecule has 5 nitrogen and oxygen atoms in total. The smallest absolute Gasteiger partial charge is 0.356 e. The van der Waals surface area contributed by atoms with Gasteiger partial charge in [0.1, 0.15) is 5.69 Å². The van der Waals surface area contributed by atoms with Crippen LogP contribution in [0, 0.1) is 0 Å². The van der Waals surface area contributed by atoms with Gasteiger partial charge in [-0.05, 0) is 36.2 Å². The summed E-state index contributed by atoms with van der Waals surface area (Å²) >= 11 is 0. The molecule has 1 aromatic carbocycles. The van der Waals surface area contributed by atoms with Gasteiger partial charge in [-0.3, -0.25) is 4.79 Å². The van der Waals surface area contributed by atoms with Crippen molar-refractivity contribution < 1.29 is 9.53 Å². The summed E-state index contributed by atoms with van der Waals surface area (Å²) in [6.45, 7) is 6.64. The molecule has 0 fully saturated rings. The molecule has 0 radical (unpaired) electrons. The summed E-state index contributed by atoms with van der Waals surface area (Å²) in [5, 5.41) is 0. The van der Waals surface area contributed by atoms with Crippen LogP contribution in [0.5, 0.6) is 0 Å². The number of carbonyl (C=O) groups is 1. The van der Waals surface area contributed by atoms with Gasteiger partial charge in [0, 0.05) is 24.4 Å². The Morgan fingerprint density at radius 2 is 1.68 bits per heavy atom. The zero-order chi connectivity index (χ0) is 20.4. The van der Waals surface area contributed by atoms with Crippen LogP contribution in [0.1, 0.15) is 48.1 Å². The Morgan fingerprint density at radius 1 is 0.964 bits per heavy atom. The van der Waals surface area contributed by atoms with E-state index in [1.165, 1.54) is 0 Å². The monoisotopic (exact) mass is 378 g/mol. The second-order valence-electron chi connectivity index (χ2n) is 5.89.